The van der Waals surface area contributed by atoms with Crippen LogP contribution in [0.25, 0.3) is 11.1 Å². The fourth-order valence-corrected chi connectivity index (χ4v) is 3.20. The first kappa shape index (κ1) is 22.5. The van der Waals surface area contributed by atoms with Crippen molar-refractivity contribution in [2.75, 3.05) is 11.1 Å². The Labute approximate surface area is 196 Å². The zero-order chi connectivity index (χ0) is 23.8. The number of benzene rings is 2. The number of rotatable bonds is 7. The lowest BCUT2D eigenvalue weighted by Crippen LogP contribution is -2.23. The Morgan fingerprint density at radius 2 is 1.62 bits per heavy atom. The maximum atomic E-state index is 12.7. The molecule has 2 aromatic heterocycles. The van der Waals surface area contributed by atoms with Gasteiger partial charge in [0.25, 0.3) is 5.91 Å². The topological polar surface area (TPSA) is 119 Å². The molecule has 34 heavy (non-hydrogen) atoms. The molecule has 0 saturated heterocycles. The fourth-order valence-electron chi connectivity index (χ4n) is 3.20. The molecule has 4 rings (SSSR count). The van der Waals surface area contributed by atoms with Gasteiger partial charge in [0.2, 0.25) is 0 Å². The highest BCUT2D eigenvalue weighted by molar-refractivity contribution is 6.06. The van der Waals surface area contributed by atoms with Crippen molar-refractivity contribution >= 4 is 23.4 Å². The predicted octanol–water partition coefficient (Wildman–Crippen LogP) is 4.40. The molecule has 2 heterocycles. The molecule has 0 radical (unpaired) electrons. The molecule has 4 N–H and O–H groups in total. The van der Waals surface area contributed by atoms with Crippen molar-refractivity contribution in [3.63, 3.8) is 0 Å². The number of amides is 2. The molecule has 2 aromatic carbocycles. The molecule has 170 valence electrons. The second-order valence-electron chi connectivity index (χ2n) is 7.49. The minimum Gasteiger partial charge on any atom is -0.445 e. The zero-order valence-electron chi connectivity index (χ0n) is 18.3. The number of pyridine rings is 2. The van der Waals surface area contributed by atoms with E-state index in [-0.39, 0.29) is 12.5 Å². The highest BCUT2D eigenvalue weighted by Gasteiger charge is 2.10. The number of carbonyl (C=O) groups excluding carboxylic acids is 2. The number of nitrogen functional groups attached to an aromatic ring is 1. The van der Waals surface area contributed by atoms with E-state index < -0.39 is 6.09 Å². The average molecular weight is 454 g/mol. The summed E-state index contributed by atoms with van der Waals surface area (Å²) in [7, 11) is 0. The molecule has 0 unspecified atom stereocenters. The summed E-state index contributed by atoms with van der Waals surface area (Å²) in [5.41, 5.74) is 10.9. The second-order valence-corrected chi connectivity index (χ2v) is 7.49. The SMILES string of the molecule is Nc1ccc(-c2cccnc2)cc1NC(=O)c1ccc(COC(=O)NCc2cccnc2)cc1. The van der Waals surface area contributed by atoms with E-state index in [1.807, 2.05) is 30.3 Å². The number of hydrogen-bond acceptors (Lipinski definition) is 6. The van der Waals surface area contributed by atoms with Crippen LogP contribution in [0.1, 0.15) is 21.5 Å². The molecule has 0 saturated carbocycles. The Hall–Kier alpha value is -4.72. The van der Waals surface area contributed by atoms with Gasteiger partial charge >= 0.3 is 6.09 Å². The summed E-state index contributed by atoms with van der Waals surface area (Å²) in [4.78, 5) is 32.7. The summed E-state index contributed by atoms with van der Waals surface area (Å²) in [5.74, 6) is -0.295. The van der Waals surface area contributed by atoms with Crippen LogP contribution in [0.15, 0.2) is 91.5 Å². The Morgan fingerprint density at radius 1 is 0.853 bits per heavy atom. The Bertz CT molecular complexity index is 1260. The van der Waals surface area contributed by atoms with Crippen LogP contribution in [0, 0.1) is 0 Å². The average Bonchev–Trinajstić information content (AvgIpc) is 2.89. The third-order valence-corrected chi connectivity index (χ3v) is 5.04. The van der Waals surface area contributed by atoms with Crippen molar-refractivity contribution in [1.29, 1.82) is 0 Å². The number of hydrogen-bond donors (Lipinski definition) is 3. The Morgan fingerprint density at radius 3 is 2.32 bits per heavy atom. The first-order chi connectivity index (χ1) is 16.6. The van der Waals surface area contributed by atoms with Crippen LogP contribution < -0.4 is 16.4 Å². The van der Waals surface area contributed by atoms with E-state index in [0.717, 1.165) is 22.3 Å². The summed E-state index contributed by atoms with van der Waals surface area (Å²) in [6.07, 6.45) is 6.26. The van der Waals surface area contributed by atoms with Gasteiger partial charge in [0.1, 0.15) is 6.61 Å². The second kappa shape index (κ2) is 10.7. The number of alkyl carbamates (subject to hydrolysis) is 1. The number of anilines is 2. The largest absolute Gasteiger partial charge is 0.445 e. The normalized spacial score (nSPS) is 10.4. The summed E-state index contributed by atoms with van der Waals surface area (Å²) in [5, 5.41) is 5.52. The molecule has 8 heteroatoms. The molecule has 4 aromatic rings. The summed E-state index contributed by atoms with van der Waals surface area (Å²) < 4.78 is 5.22. The lowest BCUT2D eigenvalue weighted by molar-refractivity contribution is 0.102. The monoisotopic (exact) mass is 453 g/mol. The first-order valence-electron chi connectivity index (χ1n) is 10.6. The lowest BCUT2D eigenvalue weighted by atomic mass is 10.1. The highest BCUT2D eigenvalue weighted by atomic mass is 16.5. The molecule has 8 nitrogen and oxygen atoms in total. The minimum atomic E-state index is -0.533. The Balaban J connectivity index is 1.32. The van der Waals surface area contributed by atoms with Gasteiger partial charge in [-0.15, -0.1) is 0 Å². The predicted molar refractivity (Wildman–Crippen MR) is 130 cm³/mol. The smallest absolute Gasteiger partial charge is 0.407 e. The van der Waals surface area contributed by atoms with Crippen LogP contribution in [0.5, 0.6) is 0 Å². The molecule has 0 atom stereocenters. The molecule has 0 aliphatic carbocycles. The summed E-state index contributed by atoms with van der Waals surface area (Å²) >= 11 is 0. The summed E-state index contributed by atoms with van der Waals surface area (Å²) in [6.45, 7) is 0.414. The molecule has 2 amide bonds. The van der Waals surface area contributed by atoms with Gasteiger partial charge in [0.05, 0.1) is 11.4 Å². The number of ether oxygens (including phenoxy) is 1. The van der Waals surface area contributed by atoms with Gasteiger partial charge in [-0.1, -0.05) is 30.3 Å². The van der Waals surface area contributed by atoms with Crippen LogP contribution in [-0.2, 0) is 17.9 Å². The molecular weight excluding hydrogens is 430 g/mol. The minimum absolute atomic E-state index is 0.0842. The van der Waals surface area contributed by atoms with E-state index in [1.165, 1.54) is 0 Å². The molecule has 0 fully saturated rings. The van der Waals surface area contributed by atoms with Gasteiger partial charge in [-0.05, 0) is 53.1 Å². The van der Waals surface area contributed by atoms with Crippen LogP contribution >= 0.6 is 0 Å². The highest BCUT2D eigenvalue weighted by Crippen LogP contribution is 2.27. The first-order valence-corrected chi connectivity index (χ1v) is 10.6. The molecule has 0 aliphatic heterocycles. The third-order valence-electron chi connectivity index (χ3n) is 5.04. The molecule has 0 spiro atoms. The maximum Gasteiger partial charge on any atom is 0.407 e. The van der Waals surface area contributed by atoms with E-state index in [4.69, 9.17) is 10.5 Å². The number of nitrogens with one attached hydrogen (secondary N) is 2. The molecule has 0 aliphatic rings. The summed E-state index contributed by atoms with van der Waals surface area (Å²) in [6, 6.07) is 19.7. The van der Waals surface area contributed by atoms with Gasteiger partial charge in [-0.25, -0.2) is 4.79 Å². The number of nitrogens with zero attached hydrogens (tertiary/aromatic N) is 2. The quantitative estimate of drug-likeness (QED) is 0.357. The van der Waals surface area contributed by atoms with Gasteiger partial charge in [-0.3, -0.25) is 14.8 Å². The van der Waals surface area contributed by atoms with Crippen molar-refractivity contribution in [3.05, 3.63) is 108 Å². The maximum absolute atomic E-state index is 12.7. The van der Waals surface area contributed by atoms with E-state index in [1.54, 1.807) is 61.2 Å². The van der Waals surface area contributed by atoms with Crippen LogP contribution in [-0.4, -0.2) is 22.0 Å². The van der Waals surface area contributed by atoms with Gasteiger partial charge in [0, 0.05) is 42.5 Å². The van der Waals surface area contributed by atoms with Crippen LogP contribution in [0.3, 0.4) is 0 Å². The van der Waals surface area contributed by atoms with E-state index >= 15 is 0 Å². The third kappa shape index (κ3) is 5.95. The number of aromatic nitrogens is 2. The lowest BCUT2D eigenvalue weighted by Gasteiger charge is -2.11. The Kier molecular flexibility index (Phi) is 7.09. The van der Waals surface area contributed by atoms with Crippen LogP contribution in [0.4, 0.5) is 16.2 Å². The van der Waals surface area contributed by atoms with E-state index in [9.17, 15) is 9.59 Å². The van der Waals surface area contributed by atoms with Crippen molar-refractivity contribution in [1.82, 2.24) is 15.3 Å². The van der Waals surface area contributed by atoms with Crippen molar-refractivity contribution < 1.29 is 14.3 Å². The van der Waals surface area contributed by atoms with E-state index in [2.05, 4.69) is 20.6 Å². The molecular formula is C26H23N5O3. The number of nitrogens with two attached hydrogens (primary N) is 1. The van der Waals surface area contributed by atoms with Gasteiger partial charge < -0.3 is 21.1 Å². The molecule has 0 bridgehead atoms. The standard InChI is InChI=1S/C26H23N5O3/c27-23-10-9-21(22-4-2-12-29-16-22)13-24(23)31-25(32)20-7-5-18(6-8-20)17-34-26(33)30-15-19-3-1-11-28-14-19/h1-14,16H,15,17,27H2,(H,30,33)(H,31,32). The van der Waals surface area contributed by atoms with Crippen molar-refractivity contribution in [2.45, 2.75) is 13.2 Å². The fraction of sp³-hybridized carbons (Fsp3) is 0.0769. The van der Waals surface area contributed by atoms with E-state index in [0.29, 0.717) is 23.5 Å². The van der Waals surface area contributed by atoms with Crippen molar-refractivity contribution in [3.8, 4) is 11.1 Å². The van der Waals surface area contributed by atoms with Gasteiger partial charge in [-0.2, -0.15) is 0 Å². The van der Waals surface area contributed by atoms with Crippen LogP contribution in [0.2, 0.25) is 0 Å². The number of carbonyl (C=O) groups is 2. The zero-order valence-corrected chi connectivity index (χ0v) is 18.3. The van der Waals surface area contributed by atoms with Crippen molar-refractivity contribution in [2.24, 2.45) is 0 Å². The van der Waals surface area contributed by atoms with Gasteiger partial charge in [0.15, 0.2) is 0 Å².